The molecule has 0 saturated heterocycles. The lowest BCUT2D eigenvalue weighted by Crippen LogP contribution is -2.01. The Morgan fingerprint density at radius 2 is 1.69 bits per heavy atom. The second kappa shape index (κ2) is 5.70. The van der Waals surface area contributed by atoms with E-state index in [4.69, 9.17) is 5.10 Å². The topological polar surface area (TPSA) is 17.8 Å². The molecule has 0 spiro atoms. The Morgan fingerprint density at radius 1 is 0.885 bits per heavy atom. The van der Waals surface area contributed by atoms with E-state index in [1.165, 1.54) is 38.8 Å². The van der Waals surface area contributed by atoms with Gasteiger partial charge in [-0.1, -0.05) is 65.7 Å². The van der Waals surface area contributed by atoms with E-state index in [-0.39, 0.29) is 0 Å². The number of rotatable bonds is 2. The molecule has 126 valence electrons. The monoisotopic (exact) mass is 336 g/mol. The van der Waals surface area contributed by atoms with E-state index in [0.29, 0.717) is 0 Å². The molecule has 2 nitrogen and oxygen atoms in total. The van der Waals surface area contributed by atoms with Crippen molar-refractivity contribution in [3.05, 3.63) is 89.1 Å². The summed E-state index contributed by atoms with van der Waals surface area (Å²) in [6.07, 6.45) is 5.27. The minimum Gasteiger partial charge on any atom is -0.232 e. The van der Waals surface area contributed by atoms with Crippen LogP contribution in [0.2, 0.25) is 0 Å². The average molecular weight is 336 g/mol. The fourth-order valence-corrected chi connectivity index (χ4v) is 3.86. The molecule has 2 heteroatoms. The molecule has 0 saturated carbocycles. The van der Waals surface area contributed by atoms with Crippen LogP contribution in [0.1, 0.15) is 23.6 Å². The smallest absolute Gasteiger partial charge is 0.0741 e. The van der Waals surface area contributed by atoms with E-state index >= 15 is 0 Å². The van der Waals surface area contributed by atoms with Crippen molar-refractivity contribution in [1.29, 1.82) is 0 Å². The van der Waals surface area contributed by atoms with Crippen LogP contribution < -0.4 is 0 Å². The summed E-state index contributed by atoms with van der Waals surface area (Å²) < 4.78 is 2.08. The standard InChI is InChI=1S/C24H20N2/c1-16-7-9-18(10-8-16)20-13-21-11-17(2)12-22(21)24(14-20)26-23-6-4-3-5-19(23)15-25-26/h3-10,12-15H,11H2,1-2H3. The number of benzene rings is 3. The summed E-state index contributed by atoms with van der Waals surface area (Å²) in [6.45, 7) is 4.33. The van der Waals surface area contributed by atoms with Gasteiger partial charge in [0.25, 0.3) is 0 Å². The van der Waals surface area contributed by atoms with Gasteiger partial charge >= 0.3 is 0 Å². The minimum absolute atomic E-state index is 1.02. The molecule has 1 aliphatic carbocycles. The van der Waals surface area contributed by atoms with Gasteiger partial charge in [0.2, 0.25) is 0 Å². The fraction of sp³-hybridized carbons (Fsp3) is 0.125. The van der Waals surface area contributed by atoms with E-state index in [0.717, 1.165) is 17.6 Å². The highest BCUT2D eigenvalue weighted by atomic mass is 15.3. The Labute approximate surface area is 153 Å². The van der Waals surface area contributed by atoms with Gasteiger partial charge in [0, 0.05) is 10.9 Å². The molecule has 5 rings (SSSR count). The number of fused-ring (bicyclic) bond motifs is 2. The van der Waals surface area contributed by atoms with Crippen molar-refractivity contribution in [3.8, 4) is 16.8 Å². The Morgan fingerprint density at radius 3 is 2.54 bits per heavy atom. The highest BCUT2D eigenvalue weighted by molar-refractivity contribution is 5.84. The Hall–Kier alpha value is -3.13. The van der Waals surface area contributed by atoms with Crippen molar-refractivity contribution < 1.29 is 0 Å². The minimum atomic E-state index is 1.02. The van der Waals surface area contributed by atoms with Gasteiger partial charge in [-0.25, -0.2) is 4.68 Å². The SMILES string of the molecule is CC1=Cc2c(cc(-c3ccc(C)cc3)cc2-n2ncc3ccccc32)C1. The molecule has 1 aliphatic rings. The van der Waals surface area contributed by atoms with Crippen LogP contribution in [0.3, 0.4) is 0 Å². The van der Waals surface area contributed by atoms with Crippen LogP contribution >= 0.6 is 0 Å². The highest BCUT2D eigenvalue weighted by Crippen LogP contribution is 2.35. The van der Waals surface area contributed by atoms with E-state index in [1.54, 1.807) is 0 Å². The largest absolute Gasteiger partial charge is 0.232 e. The number of hydrogen-bond donors (Lipinski definition) is 0. The van der Waals surface area contributed by atoms with Crippen LogP contribution in [0.5, 0.6) is 0 Å². The van der Waals surface area contributed by atoms with Crippen LogP contribution in [0.25, 0.3) is 33.8 Å². The molecule has 1 heterocycles. The zero-order valence-electron chi connectivity index (χ0n) is 15.0. The van der Waals surface area contributed by atoms with Crippen LogP contribution in [0.4, 0.5) is 0 Å². The first-order valence-corrected chi connectivity index (χ1v) is 9.03. The van der Waals surface area contributed by atoms with Gasteiger partial charge < -0.3 is 0 Å². The second-order valence-electron chi connectivity index (χ2n) is 7.22. The summed E-state index contributed by atoms with van der Waals surface area (Å²) in [6, 6.07) is 21.8. The van der Waals surface area contributed by atoms with Gasteiger partial charge in [-0.15, -0.1) is 0 Å². The van der Waals surface area contributed by atoms with Gasteiger partial charge in [-0.2, -0.15) is 5.10 Å². The molecule has 0 fully saturated rings. The fourth-order valence-electron chi connectivity index (χ4n) is 3.86. The molecule has 0 N–H and O–H groups in total. The molecule has 0 atom stereocenters. The van der Waals surface area contributed by atoms with E-state index in [1.807, 2.05) is 6.20 Å². The summed E-state index contributed by atoms with van der Waals surface area (Å²) in [7, 11) is 0. The number of allylic oxidation sites excluding steroid dienone is 1. The van der Waals surface area contributed by atoms with Crippen LogP contribution in [0, 0.1) is 6.92 Å². The number of nitrogens with zero attached hydrogens (tertiary/aromatic N) is 2. The van der Waals surface area contributed by atoms with Crippen molar-refractivity contribution in [3.63, 3.8) is 0 Å². The van der Waals surface area contributed by atoms with Crippen molar-refractivity contribution >= 4 is 17.0 Å². The summed E-state index contributed by atoms with van der Waals surface area (Å²) in [5, 5.41) is 5.87. The molecule has 0 bridgehead atoms. The lowest BCUT2D eigenvalue weighted by atomic mass is 9.97. The number of aryl methyl sites for hydroxylation is 1. The van der Waals surface area contributed by atoms with Gasteiger partial charge in [-0.05, 0) is 49.1 Å². The summed E-state index contributed by atoms with van der Waals surface area (Å²) in [4.78, 5) is 0. The first-order valence-electron chi connectivity index (χ1n) is 9.03. The zero-order valence-corrected chi connectivity index (χ0v) is 15.0. The van der Waals surface area contributed by atoms with Crippen molar-refractivity contribution in [2.45, 2.75) is 20.3 Å². The van der Waals surface area contributed by atoms with Crippen molar-refractivity contribution in [1.82, 2.24) is 9.78 Å². The molecule has 0 aliphatic heterocycles. The molecule has 1 aromatic heterocycles. The van der Waals surface area contributed by atoms with Crippen molar-refractivity contribution in [2.75, 3.05) is 0 Å². The zero-order chi connectivity index (χ0) is 17.7. The van der Waals surface area contributed by atoms with Crippen LogP contribution in [-0.2, 0) is 6.42 Å². The number of hydrogen-bond acceptors (Lipinski definition) is 1. The number of aromatic nitrogens is 2. The lowest BCUT2D eigenvalue weighted by molar-refractivity contribution is 0.907. The quantitative estimate of drug-likeness (QED) is 0.441. The molecule has 0 radical (unpaired) electrons. The normalized spacial score (nSPS) is 13.1. The first-order chi connectivity index (χ1) is 12.7. The maximum Gasteiger partial charge on any atom is 0.0741 e. The maximum absolute atomic E-state index is 4.70. The average Bonchev–Trinajstić information content (AvgIpc) is 3.24. The molecule has 26 heavy (non-hydrogen) atoms. The van der Waals surface area contributed by atoms with Crippen LogP contribution in [-0.4, -0.2) is 9.78 Å². The molecular weight excluding hydrogens is 316 g/mol. The second-order valence-corrected chi connectivity index (χ2v) is 7.22. The van der Waals surface area contributed by atoms with E-state index < -0.39 is 0 Å². The third-order valence-corrected chi connectivity index (χ3v) is 5.19. The van der Waals surface area contributed by atoms with Gasteiger partial charge in [0.15, 0.2) is 0 Å². The van der Waals surface area contributed by atoms with E-state index in [9.17, 15) is 0 Å². The number of para-hydroxylation sites is 1. The van der Waals surface area contributed by atoms with Crippen LogP contribution in [0.15, 0.2) is 72.4 Å². The van der Waals surface area contributed by atoms with Gasteiger partial charge in [-0.3, -0.25) is 0 Å². The first kappa shape index (κ1) is 15.2. The molecule has 4 aromatic rings. The Balaban J connectivity index is 1.77. The molecule has 0 amide bonds. The highest BCUT2D eigenvalue weighted by Gasteiger charge is 2.18. The maximum atomic E-state index is 4.70. The van der Waals surface area contributed by atoms with Gasteiger partial charge in [0.1, 0.15) is 0 Å². The summed E-state index contributed by atoms with van der Waals surface area (Å²) >= 11 is 0. The predicted octanol–water partition coefficient (Wildman–Crippen LogP) is 5.96. The van der Waals surface area contributed by atoms with Crippen molar-refractivity contribution in [2.24, 2.45) is 0 Å². The predicted molar refractivity (Wildman–Crippen MR) is 109 cm³/mol. The summed E-state index contributed by atoms with van der Waals surface area (Å²) in [5.74, 6) is 0. The molecule has 3 aromatic carbocycles. The molecule has 0 unspecified atom stereocenters. The summed E-state index contributed by atoms with van der Waals surface area (Å²) in [5.41, 5.74) is 10.2. The lowest BCUT2D eigenvalue weighted by Gasteiger charge is -2.13. The van der Waals surface area contributed by atoms with E-state index in [2.05, 4.69) is 85.3 Å². The molecular formula is C24H20N2. The third kappa shape index (κ3) is 2.38. The Kier molecular flexibility index (Phi) is 3.32. The third-order valence-electron chi connectivity index (χ3n) is 5.19. The van der Waals surface area contributed by atoms with Gasteiger partial charge in [0.05, 0.1) is 17.4 Å². The Bertz CT molecular complexity index is 1160.